The molecule has 7 nitrogen and oxygen atoms in total. The van der Waals surface area contributed by atoms with Gasteiger partial charge < -0.3 is 20.1 Å². The van der Waals surface area contributed by atoms with Gasteiger partial charge >= 0.3 is 0 Å². The average molecular weight is 330 g/mol. The van der Waals surface area contributed by atoms with Gasteiger partial charge in [0.2, 0.25) is 5.95 Å². The quantitative estimate of drug-likeness (QED) is 0.772. The van der Waals surface area contributed by atoms with Crippen LogP contribution in [-0.4, -0.2) is 36.6 Å². The van der Waals surface area contributed by atoms with Crippen molar-refractivity contribution in [1.82, 2.24) is 15.3 Å². The second kappa shape index (κ2) is 8.71. The molecular weight excluding hydrogens is 308 g/mol. The van der Waals surface area contributed by atoms with Gasteiger partial charge in [-0.3, -0.25) is 4.79 Å². The molecule has 2 aromatic rings. The molecular formula is C17H22N4O3. The van der Waals surface area contributed by atoms with Gasteiger partial charge in [-0.1, -0.05) is 13.0 Å². The first-order valence-electron chi connectivity index (χ1n) is 7.74. The summed E-state index contributed by atoms with van der Waals surface area (Å²) in [7, 11) is 3.19. The van der Waals surface area contributed by atoms with Crippen LogP contribution in [0.25, 0.3) is 0 Å². The summed E-state index contributed by atoms with van der Waals surface area (Å²) in [5.41, 5.74) is 1.32. The molecule has 0 saturated heterocycles. The van der Waals surface area contributed by atoms with Gasteiger partial charge in [-0.05, 0) is 30.2 Å². The van der Waals surface area contributed by atoms with Gasteiger partial charge in [-0.25, -0.2) is 9.97 Å². The molecule has 0 saturated carbocycles. The summed E-state index contributed by atoms with van der Waals surface area (Å²) < 4.78 is 10.5. The summed E-state index contributed by atoms with van der Waals surface area (Å²) in [5, 5.41) is 5.89. The van der Waals surface area contributed by atoms with E-state index < -0.39 is 0 Å². The molecule has 2 N–H and O–H groups in total. The van der Waals surface area contributed by atoms with E-state index in [-0.39, 0.29) is 5.91 Å². The zero-order chi connectivity index (χ0) is 17.4. The summed E-state index contributed by atoms with van der Waals surface area (Å²) in [6.07, 6.45) is 2.44. The number of rotatable bonds is 8. The largest absolute Gasteiger partial charge is 0.493 e. The average Bonchev–Trinajstić information content (AvgIpc) is 2.64. The fourth-order valence-electron chi connectivity index (χ4n) is 2.07. The lowest BCUT2D eigenvalue weighted by molar-refractivity contribution is 0.0948. The molecule has 0 spiro atoms. The molecule has 0 aliphatic rings. The third kappa shape index (κ3) is 4.58. The van der Waals surface area contributed by atoms with Gasteiger partial charge in [0, 0.05) is 19.3 Å². The van der Waals surface area contributed by atoms with Crippen LogP contribution < -0.4 is 20.1 Å². The maximum Gasteiger partial charge on any atom is 0.270 e. The van der Waals surface area contributed by atoms with Crippen LogP contribution in [0.2, 0.25) is 0 Å². The molecule has 0 bridgehead atoms. The van der Waals surface area contributed by atoms with Crippen molar-refractivity contribution in [2.75, 3.05) is 26.1 Å². The molecule has 1 aromatic carbocycles. The van der Waals surface area contributed by atoms with Crippen LogP contribution in [-0.2, 0) is 6.54 Å². The maximum absolute atomic E-state index is 11.9. The highest BCUT2D eigenvalue weighted by Gasteiger charge is 2.08. The number of amides is 1. The van der Waals surface area contributed by atoms with Gasteiger partial charge in [0.25, 0.3) is 5.91 Å². The Bertz CT molecular complexity index is 691. The van der Waals surface area contributed by atoms with E-state index in [1.165, 1.54) is 0 Å². The van der Waals surface area contributed by atoms with Crippen LogP contribution in [0.5, 0.6) is 11.5 Å². The van der Waals surface area contributed by atoms with Crippen LogP contribution in [0.3, 0.4) is 0 Å². The molecule has 0 unspecified atom stereocenters. The Hall–Kier alpha value is -2.83. The highest BCUT2D eigenvalue weighted by atomic mass is 16.5. The molecule has 0 aliphatic carbocycles. The Morgan fingerprint density at radius 1 is 1.17 bits per heavy atom. The standard InChI is InChI=1S/C17H22N4O3/c1-4-8-18-16(22)13-7-9-19-17(21-13)20-11-12-5-6-14(23-2)15(10-12)24-3/h5-7,9-10H,4,8,11H2,1-3H3,(H,18,22)(H,19,20,21). The molecule has 24 heavy (non-hydrogen) atoms. The fourth-order valence-corrected chi connectivity index (χ4v) is 2.07. The van der Waals surface area contributed by atoms with Crippen LogP contribution in [0.1, 0.15) is 29.4 Å². The first-order chi connectivity index (χ1) is 11.7. The van der Waals surface area contributed by atoms with E-state index in [2.05, 4.69) is 20.6 Å². The molecule has 128 valence electrons. The van der Waals surface area contributed by atoms with Crippen molar-refractivity contribution < 1.29 is 14.3 Å². The molecule has 0 fully saturated rings. The second-order valence-corrected chi connectivity index (χ2v) is 5.06. The molecule has 0 aliphatic heterocycles. The van der Waals surface area contributed by atoms with Gasteiger partial charge in [0.1, 0.15) is 5.69 Å². The maximum atomic E-state index is 11.9. The smallest absolute Gasteiger partial charge is 0.270 e. The number of hydrogen-bond acceptors (Lipinski definition) is 6. The second-order valence-electron chi connectivity index (χ2n) is 5.06. The Balaban J connectivity index is 2.03. The number of nitrogens with zero attached hydrogens (tertiary/aromatic N) is 2. The number of carbonyl (C=O) groups excluding carboxylic acids is 1. The highest BCUT2D eigenvalue weighted by molar-refractivity contribution is 5.92. The molecule has 0 radical (unpaired) electrons. The Labute approximate surface area is 141 Å². The molecule has 1 heterocycles. The predicted octanol–water partition coefficient (Wildman–Crippen LogP) is 2.25. The van der Waals surface area contributed by atoms with E-state index in [1.807, 2.05) is 25.1 Å². The van der Waals surface area contributed by atoms with Gasteiger partial charge in [-0.15, -0.1) is 0 Å². The molecule has 0 atom stereocenters. The summed E-state index contributed by atoms with van der Waals surface area (Å²) in [5.74, 6) is 1.53. The third-order valence-corrected chi connectivity index (χ3v) is 3.32. The molecule has 2 rings (SSSR count). The van der Waals surface area contributed by atoms with Gasteiger partial charge in [0.05, 0.1) is 14.2 Å². The number of nitrogens with one attached hydrogen (secondary N) is 2. The van der Waals surface area contributed by atoms with Gasteiger partial charge in [0.15, 0.2) is 11.5 Å². The first-order valence-corrected chi connectivity index (χ1v) is 7.74. The van der Waals surface area contributed by atoms with Crippen molar-refractivity contribution in [3.05, 3.63) is 41.7 Å². The fraction of sp³-hybridized carbons (Fsp3) is 0.353. The zero-order valence-electron chi connectivity index (χ0n) is 14.1. The van der Waals surface area contributed by atoms with Crippen LogP contribution in [0.15, 0.2) is 30.5 Å². The molecule has 1 aromatic heterocycles. The number of methoxy groups -OCH3 is 2. The van der Waals surface area contributed by atoms with E-state index in [0.717, 1.165) is 12.0 Å². The lowest BCUT2D eigenvalue weighted by Gasteiger charge is -2.10. The zero-order valence-corrected chi connectivity index (χ0v) is 14.1. The summed E-state index contributed by atoms with van der Waals surface area (Å²) in [6.45, 7) is 3.12. The minimum absolute atomic E-state index is 0.201. The lowest BCUT2D eigenvalue weighted by Crippen LogP contribution is -2.25. The van der Waals surface area contributed by atoms with Crippen LogP contribution >= 0.6 is 0 Å². The van der Waals surface area contributed by atoms with Crippen molar-refractivity contribution in [2.45, 2.75) is 19.9 Å². The van der Waals surface area contributed by atoms with Crippen LogP contribution in [0.4, 0.5) is 5.95 Å². The Morgan fingerprint density at radius 2 is 1.96 bits per heavy atom. The van der Waals surface area contributed by atoms with Crippen molar-refractivity contribution in [3.63, 3.8) is 0 Å². The first kappa shape index (κ1) is 17.5. The SMILES string of the molecule is CCCNC(=O)c1ccnc(NCc2ccc(OC)c(OC)c2)n1. The highest BCUT2D eigenvalue weighted by Crippen LogP contribution is 2.27. The molecule has 1 amide bonds. The monoisotopic (exact) mass is 330 g/mol. The van der Waals surface area contributed by atoms with Crippen molar-refractivity contribution >= 4 is 11.9 Å². The van der Waals surface area contributed by atoms with Crippen molar-refractivity contribution in [2.24, 2.45) is 0 Å². The number of ether oxygens (including phenoxy) is 2. The normalized spacial score (nSPS) is 10.1. The van der Waals surface area contributed by atoms with E-state index in [1.54, 1.807) is 26.5 Å². The minimum Gasteiger partial charge on any atom is -0.493 e. The summed E-state index contributed by atoms with van der Waals surface area (Å²) in [6, 6.07) is 7.23. The summed E-state index contributed by atoms with van der Waals surface area (Å²) in [4.78, 5) is 20.3. The Kier molecular flexibility index (Phi) is 6.36. The van der Waals surface area contributed by atoms with E-state index in [0.29, 0.717) is 36.2 Å². The minimum atomic E-state index is -0.201. The van der Waals surface area contributed by atoms with E-state index >= 15 is 0 Å². The summed E-state index contributed by atoms with van der Waals surface area (Å²) >= 11 is 0. The van der Waals surface area contributed by atoms with Gasteiger partial charge in [-0.2, -0.15) is 0 Å². The van der Waals surface area contributed by atoms with Crippen molar-refractivity contribution in [3.8, 4) is 11.5 Å². The van der Waals surface area contributed by atoms with Crippen LogP contribution in [0, 0.1) is 0 Å². The lowest BCUT2D eigenvalue weighted by atomic mass is 10.2. The predicted molar refractivity (Wildman–Crippen MR) is 91.5 cm³/mol. The third-order valence-electron chi connectivity index (χ3n) is 3.32. The molecule has 7 heteroatoms. The number of aromatic nitrogens is 2. The van der Waals surface area contributed by atoms with E-state index in [9.17, 15) is 4.79 Å². The number of carbonyl (C=O) groups is 1. The topological polar surface area (TPSA) is 85.4 Å². The number of anilines is 1. The number of benzene rings is 1. The number of hydrogen-bond donors (Lipinski definition) is 2. The van der Waals surface area contributed by atoms with Crippen molar-refractivity contribution in [1.29, 1.82) is 0 Å². The Morgan fingerprint density at radius 3 is 2.67 bits per heavy atom. The van der Waals surface area contributed by atoms with E-state index in [4.69, 9.17) is 9.47 Å².